The van der Waals surface area contributed by atoms with Gasteiger partial charge in [0.2, 0.25) is 11.8 Å². The van der Waals surface area contributed by atoms with Gasteiger partial charge in [-0.3, -0.25) is 9.59 Å². The molecule has 3 aromatic carbocycles. The molecule has 0 aliphatic carbocycles. The molecule has 1 N–H and O–H groups in total. The Labute approximate surface area is 194 Å². The molecule has 1 fully saturated rings. The Kier molecular flexibility index (Phi) is 7.37. The van der Waals surface area contributed by atoms with E-state index in [0.29, 0.717) is 5.69 Å². The maximum atomic E-state index is 12.6. The van der Waals surface area contributed by atoms with Crippen LogP contribution in [0.3, 0.4) is 0 Å². The van der Waals surface area contributed by atoms with Crippen LogP contribution < -0.4 is 10.2 Å². The third-order valence-electron chi connectivity index (χ3n) is 5.75. The highest BCUT2D eigenvalue weighted by Crippen LogP contribution is 2.20. The molecule has 3 aromatic rings. The maximum Gasteiger partial charge on any atom is 0.243 e. The first-order valence-electron chi connectivity index (χ1n) is 11.2. The zero-order chi connectivity index (χ0) is 23.0. The van der Waals surface area contributed by atoms with Crippen LogP contribution in [0.15, 0.2) is 78.9 Å². The van der Waals surface area contributed by atoms with Gasteiger partial charge in [-0.25, -0.2) is 0 Å². The van der Waals surface area contributed by atoms with Gasteiger partial charge in [0.05, 0.1) is 26.2 Å². The molecule has 6 heteroatoms. The minimum absolute atomic E-state index is 0.00610. The largest absolute Gasteiger partial charge is 0.378 e. The Balaban J connectivity index is 1.26. The second kappa shape index (κ2) is 10.8. The first-order chi connectivity index (χ1) is 16.1. The molecule has 0 spiro atoms. The van der Waals surface area contributed by atoms with E-state index >= 15 is 0 Å². The Morgan fingerprint density at radius 1 is 0.879 bits per heavy atom. The van der Waals surface area contributed by atoms with Crippen LogP contribution in [0.2, 0.25) is 0 Å². The first kappa shape index (κ1) is 22.6. The van der Waals surface area contributed by atoms with E-state index in [-0.39, 0.29) is 24.8 Å². The van der Waals surface area contributed by atoms with E-state index in [1.54, 1.807) is 7.05 Å². The maximum absolute atomic E-state index is 12.6. The van der Waals surface area contributed by atoms with Crippen molar-refractivity contribution in [3.8, 4) is 11.1 Å². The number of ether oxygens (including phenoxy) is 1. The fourth-order valence-electron chi connectivity index (χ4n) is 3.84. The fourth-order valence-corrected chi connectivity index (χ4v) is 3.84. The van der Waals surface area contributed by atoms with Crippen molar-refractivity contribution in [2.24, 2.45) is 0 Å². The Morgan fingerprint density at radius 2 is 1.52 bits per heavy atom. The minimum Gasteiger partial charge on any atom is -0.378 e. The van der Waals surface area contributed by atoms with Crippen molar-refractivity contribution in [1.82, 2.24) is 4.90 Å². The lowest BCUT2D eigenvalue weighted by atomic mass is 10.0. The predicted molar refractivity (Wildman–Crippen MR) is 131 cm³/mol. The Hall–Kier alpha value is -3.64. The summed E-state index contributed by atoms with van der Waals surface area (Å²) in [4.78, 5) is 28.8. The second-order valence-electron chi connectivity index (χ2n) is 8.18. The summed E-state index contributed by atoms with van der Waals surface area (Å²) in [7, 11) is 1.65. The van der Waals surface area contributed by atoms with E-state index in [9.17, 15) is 9.59 Å². The molecular weight excluding hydrogens is 414 g/mol. The van der Waals surface area contributed by atoms with E-state index in [1.807, 2.05) is 66.7 Å². The molecule has 2 amide bonds. The molecule has 0 unspecified atom stereocenters. The highest BCUT2D eigenvalue weighted by molar-refractivity contribution is 5.94. The molecule has 170 valence electrons. The highest BCUT2D eigenvalue weighted by Gasteiger charge is 2.15. The lowest BCUT2D eigenvalue weighted by Crippen LogP contribution is -2.36. The summed E-state index contributed by atoms with van der Waals surface area (Å²) >= 11 is 0. The number of hydrogen-bond acceptors (Lipinski definition) is 4. The number of likely N-dealkylation sites (N-methyl/N-ethyl adjacent to an activating group) is 1. The third kappa shape index (κ3) is 6.20. The van der Waals surface area contributed by atoms with Crippen molar-refractivity contribution < 1.29 is 14.3 Å². The zero-order valence-corrected chi connectivity index (χ0v) is 18.9. The number of carbonyl (C=O) groups excluding carboxylic acids is 2. The molecule has 0 radical (unpaired) electrons. The molecule has 1 saturated heterocycles. The van der Waals surface area contributed by atoms with Crippen molar-refractivity contribution in [3.63, 3.8) is 0 Å². The molecule has 0 atom stereocenters. The van der Waals surface area contributed by atoms with Crippen LogP contribution in [-0.2, 0) is 20.7 Å². The van der Waals surface area contributed by atoms with E-state index in [1.165, 1.54) is 4.90 Å². The number of benzene rings is 3. The number of anilines is 2. The average Bonchev–Trinajstić information content (AvgIpc) is 2.86. The normalized spacial score (nSPS) is 13.4. The van der Waals surface area contributed by atoms with Crippen molar-refractivity contribution in [1.29, 1.82) is 0 Å². The monoisotopic (exact) mass is 443 g/mol. The molecule has 1 heterocycles. The van der Waals surface area contributed by atoms with Crippen molar-refractivity contribution in [2.75, 3.05) is 50.1 Å². The van der Waals surface area contributed by atoms with Gasteiger partial charge in [0.15, 0.2) is 0 Å². The van der Waals surface area contributed by atoms with Crippen molar-refractivity contribution in [3.05, 3.63) is 84.4 Å². The average molecular weight is 444 g/mol. The van der Waals surface area contributed by atoms with Gasteiger partial charge in [0, 0.05) is 31.5 Å². The summed E-state index contributed by atoms with van der Waals surface area (Å²) in [6.07, 6.45) is 0.257. The van der Waals surface area contributed by atoms with Gasteiger partial charge in [0.1, 0.15) is 0 Å². The lowest BCUT2D eigenvalue weighted by Gasteiger charge is -2.28. The topological polar surface area (TPSA) is 61.9 Å². The van der Waals surface area contributed by atoms with Gasteiger partial charge >= 0.3 is 0 Å². The lowest BCUT2D eigenvalue weighted by molar-refractivity contribution is -0.132. The molecule has 0 aromatic heterocycles. The van der Waals surface area contributed by atoms with E-state index in [4.69, 9.17) is 4.74 Å². The summed E-state index contributed by atoms with van der Waals surface area (Å²) in [6, 6.07) is 25.8. The standard InChI is InChI=1S/C27H29N3O3/c1-29(27(32)19-21-7-9-23(10-8-21)22-5-3-2-4-6-22)20-26(31)28-24-11-13-25(14-12-24)30-15-17-33-18-16-30/h2-14H,15-20H2,1H3,(H,28,31). The molecule has 0 bridgehead atoms. The van der Waals surface area contributed by atoms with Crippen LogP contribution in [0.5, 0.6) is 0 Å². The Bertz CT molecular complexity index is 1060. The van der Waals surface area contributed by atoms with Gasteiger partial charge in [-0.2, -0.15) is 0 Å². The number of nitrogens with one attached hydrogen (secondary N) is 1. The number of morpholine rings is 1. The number of rotatable bonds is 7. The third-order valence-corrected chi connectivity index (χ3v) is 5.75. The van der Waals surface area contributed by atoms with Crippen LogP contribution in [0.1, 0.15) is 5.56 Å². The van der Waals surface area contributed by atoms with Gasteiger partial charge in [0.25, 0.3) is 0 Å². The van der Waals surface area contributed by atoms with Crippen LogP contribution in [0, 0.1) is 0 Å². The number of carbonyl (C=O) groups is 2. The molecule has 1 aliphatic rings. The molecule has 1 aliphatic heterocycles. The zero-order valence-electron chi connectivity index (χ0n) is 18.9. The molecule has 0 saturated carbocycles. The van der Waals surface area contributed by atoms with E-state index in [2.05, 4.69) is 22.3 Å². The van der Waals surface area contributed by atoms with Crippen molar-refractivity contribution in [2.45, 2.75) is 6.42 Å². The van der Waals surface area contributed by atoms with E-state index < -0.39 is 0 Å². The van der Waals surface area contributed by atoms with Gasteiger partial charge in [-0.15, -0.1) is 0 Å². The SMILES string of the molecule is CN(CC(=O)Nc1ccc(N2CCOCC2)cc1)C(=O)Cc1ccc(-c2ccccc2)cc1. The Morgan fingerprint density at radius 3 is 2.18 bits per heavy atom. The second-order valence-corrected chi connectivity index (χ2v) is 8.18. The summed E-state index contributed by atoms with van der Waals surface area (Å²) < 4.78 is 5.38. The van der Waals surface area contributed by atoms with Crippen molar-refractivity contribution >= 4 is 23.2 Å². The van der Waals surface area contributed by atoms with Crippen LogP contribution in [0.4, 0.5) is 11.4 Å². The number of nitrogens with zero attached hydrogens (tertiary/aromatic N) is 2. The minimum atomic E-state index is -0.218. The smallest absolute Gasteiger partial charge is 0.243 e. The number of hydrogen-bond donors (Lipinski definition) is 1. The molecule has 4 rings (SSSR count). The fraction of sp³-hybridized carbons (Fsp3) is 0.259. The van der Waals surface area contributed by atoms with Crippen LogP contribution in [-0.4, -0.2) is 56.6 Å². The number of amides is 2. The quantitative estimate of drug-likeness (QED) is 0.603. The summed E-state index contributed by atoms with van der Waals surface area (Å²) in [6.45, 7) is 3.21. The molecule has 33 heavy (non-hydrogen) atoms. The highest BCUT2D eigenvalue weighted by atomic mass is 16.5. The van der Waals surface area contributed by atoms with E-state index in [0.717, 1.165) is 48.7 Å². The first-order valence-corrected chi connectivity index (χ1v) is 11.2. The molecular formula is C27H29N3O3. The van der Waals surface area contributed by atoms with Gasteiger partial charge in [-0.1, -0.05) is 54.6 Å². The summed E-state index contributed by atoms with van der Waals surface area (Å²) in [5.74, 6) is -0.315. The molecule has 6 nitrogen and oxygen atoms in total. The van der Waals surface area contributed by atoms with Crippen LogP contribution in [0.25, 0.3) is 11.1 Å². The van der Waals surface area contributed by atoms with Gasteiger partial charge in [-0.05, 0) is 41.0 Å². The van der Waals surface area contributed by atoms with Gasteiger partial charge < -0.3 is 19.9 Å². The summed E-state index contributed by atoms with van der Waals surface area (Å²) in [5.41, 5.74) is 5.00. The summed E-state index contributed by atoms with van der Waals surface area (Å²) in [5, 5.41) is 2.87. The predicted octanol–water partition coefficient (Wildman–Crippen LogP) is 3.83. The van der Waals surface area contributed by atoms with Crippen LogP contribution >= 0.6 is 0 Å².